The van der Waals surface area contributed by atoms with Crippen LogP contribution in [0, 0.1) is 0 Å². The van der Waals surface area contributed by atoms with Crippen molar-refractivity contribution in [2.45, 2.75) is 6.54 Å². The van der Waals surface area contributed by atoms with Crippen molar-refractivity contribution < 1.29 is 38.0 Å². The van der Waals surface area contributed by atoms with Gasteiger partial charge in [-0.25, -0.2) is 4.79 Å². The van der Waals surface area contributed by atoms with Gasteiger partial charge in [-0.3, -0.25) is 4.79 Å². The highest BCUT2D eigenvalue weighted by atomic mass is 16.5. The van der Waals surface area contributed by atoms with E-state index in [4.69, 9.17) is 23.7 Å². The van der Waals surface area contributed by atoms with E-state index in [1.54, 1.807) is 12.1 Å². The summed E-state index contributed by atoms with van der Waals surface area (Å²) in [6, 6.07) is 8.04. The Morgan fingerprint density at radius 3 is 1.97 bits per heavy atom. The predicted octanol–water partition coefficient (Wildman–Crippen LogP) is 2.20. The summed E-state index contributed by atoms with van der Waals surface area (Å²) in [6.07, 6.45) is 0. The van der Waals surface area contributed by atoms with E-state index in [2.05, 4.69) is 10.1 Å². The first-order chi connectivity index (χ1) is 14.5. The Hall–Kier alpha value is -3.62. The molecule has 2 rings (SSSR count). The van der Waals surface area contributed by atoms with Crippen molar-refractivity contribution >= 4 is 11.9 Å². The monoisotopic (exact) mass is 419 g/mol. The Bertz CT molecular complexity index is 872. The van der Waals surface area contributed by atoms with Crippen molar-refractivity contribution in [1.29, 1.82) is 0 Å². The molecule has 9 heteroatoms. The van der Waals surface area contributed by atoms with Crippen molar-refractivity contribution in [3.8, 4) is 28.7 Å². The van der Waals surface area contributed by atoms with E-state index < -0.39 is 5.97 Å². The van der Waals surface area contributed by atoms with Crippen LogP contribution in [0.3, 0.4) is 0 Å². The molecule has 0 spiro atoms. The minimum absolute atomic E-state index is 0.233. The molecule has 162 valence electrons. The molecule has 0 radical (unpaired) electrons. The maximum absolute atomic E-state index is 12.2. The number of hydrogen-bond acceptors (Lipinski definition) is 8. The van der Waals surface area contributed by atoms with Gasteiger partial charge in [0.15, 0.2) is 29.6 Å². The second-order valence-corrected chi connectivity index (χ2v) is 5.96. The molecule has 0 aliphatic rings. The highest BCUT2D eigenvalue weighted by molar-refractivity contribution is 5.90. The number of carbonyl (C=O) groups excluding carboxylic acids is 2. The molecule has 2 aromatic rings. The van der Waals surface area contributed by atoms with Gasteiger partial charge in [-0.05, 0) is 35.9 Å². The van der Waals surface area contributed by atoms with Crippen LogP contribution in [0.4, 0.5) is 0 Å². The highest BCUT2D eigenvalue weighted by Crippen LogP contribution is 2.38. The lowest BCUT2D eigenvalue weighted by Crippen LogP contribution is -2.28. The van der Waals surface area contributed by atoms with Gasteiger partial charge in [0.2, 0.25) is 5.75 Å². The van der Waals surface area contributed by atoms with Crippen LogP contribution >= 0.6 is 0 Å². The summed E-state index contributed by atoms with van der Waals surface area (Å²) in [5.41, 5.74) is 1.08. The van der Waals surface area contributed by atoms with E-state index in [1.807, 2.05) is 0 Å². The number of esters is 1. The molecule has 0 saturated heterocycles. The van der Waals surface area contributed by atoms with Gasteiger partial charge in [-0.15, -0.1) is 0 Å². The highest BCUT2D eigenvalue weighted by Gasteiger charge is 2.15. The van der Waals surface area contributed by atoms with Gasteiger partial charge in [0.1, 0.15) is 0 Å². The van der Waals surface area contributed by atoms with Gasteiger partial charge in [-0.2, -0.15) is 0 Å². The van der Waals surface area contributed by atoms with Crippen molar-refractivity contribution in [1.82, 2.24) is 5.32 Å². The lowest BCUT2D eigenvalue weighted by molar-refractivity contribution is -0.123. The first-order valence-corrected chi connectivity index (χ1v) is 8.92. The summed E-state index contributed by atoms with van der Waals surface area (Å²) in [5.74, 6) is 1.26. The van der Waals surface area contributed by atoms with E-state index in [0.717, 1.165) is 5.56 Å². The molecule has 0 aliphatic heterocycles. The first kappa shape index (κ1) is 22.7. The smallest absolute Gasteiger partial charge is 0.337 e. The van der Waals surface area contributed by atoms with Crippen molar-refractivity contribution in [2.75, 3.05) is 42.2 Å². The molecule has 0 saturated carbocycles. The zero-order valence-corrected chi connectivity index (χ0v) is 17.6. The summed E-state index contributed by atoms with van der Waals surface area (Å²) >= 11 is 0. The summed E-state index contributed by atoms with van der Waals surface area (Å²) < 4.78 is 31.3. The summed E-state index contributed by atoms with van der Waals surface area (Å²) in [6.45, 7) is -0.00429. The van der Waals surface area contributed by atoms with Crippen LogP contribution in [0.5, 0.6) is 28.7 Å². The Morgan fingerprint density at radius 2 is 1.43 bits per heavy atom. The van der Waals surface area contributed by atoms with E-state index in [1.165, 1.54) is 53.7 Å². The van der Waals surface area contributed by atoms with Gasteiger partial charge in [-0.1, -0.05) is 0 Å². The van der Waals surface area contributed by atoms with Gasteiger partial charge >= 0.3 is 5.97 Å². The molecule has 0 bridgehead atoms. The van der Waals surface area contributed by atoms with Crippen LogP contribution in [-0.2, 0) is 16.1 Å². The van der Waals surface area contributed by atoms with Crippen molar-refractivity contribution in [3.05, 3.63) is 41.5 Å². The molecular formula is C21H25NO8. The number of methoxy groups -OCH3 is 5. The Kier molecular flexibility index (Phi) is 8.16. The molecule has 0 unspecified atom stereocenters. The van der Waals surface area contributed by atoms with Crippen LogP contribution in [0.15, 0.2) is 30.3 Å². The average Bonchev–Trinajstić information content (AvgIpc) is 2.79. The second kappa shape index (κ2) is 10.8. The maximum atomic E-state index is 12.2. The molecule has 1 N–H and O–H groups in total. The van der Waals surface area contributed by atoms with Crippen LogP contribution in [0.2, 0.25) is 0 Å². The zero-order valence-electron chi connectivity index (χ0n) is 17.6. The lowest BCUT2D eigenvalue weighted by Gasteiger charge is -2.15. The van der Waals surface area contributed by atoms with E-state index in [9.17, 15) is 9.59 Å². The topological polar surface area (TPSA) is 102 Å². The fourth-order valence-corrected chi connectivity index (χ4v) is 2.66. The fourth-order valence-electron chi connectivity index (χ4n) is 2.66. The van der Waals surface area contributed by atoms with E-state index >= 15 is 0 Å². The summed E-state index contributed by atoms with van der Waals surface area (Å²) in [7, 11) is 7.29. The van der Waals surface area contributed by atoms with Crippen LogP contribution in [-0.4, -0.2) is 54.0 Å². The normalized spacial score (nSPS) is 10.0. The van der Waals surface area contributed by atoms with Crippen LogP contribution in [0.1, 0.15) is 15.9 Å². The minimum Gasteiger partial charge on any atom is -0.493 e. The van der Waals surface area contributed by atoms with Crippen molar-refractivity contribution in [3.63, 3.8) is 0 Å². The second-order valence-electron chi connectivity index (χ2n) is 5.96. The number of carbonyl (C=O) groups is 2. The number of hydrogen-bond donors (Lipinski definition) is 1. The lowest BCUT2D eigenvalue weighted by atomic mass is 10.1. The number of amides is 1. The number of benzene rings is 2. The molecule has 30 heavy (non-hydrogen) atoms. The molecule has 1 amide bonds. The molecule has 0 aromatic heterocycles. The molecule has 2 aromatic carbocycles. The molecule has 0 fully saturated rings. The first-order valence-electron chi connectivity index (χ1n) is 8.92. The third kappa shape index (κ3) is 5.47. The van der Waals surface area contributed by atoms with Gasteiger partial charge in [0, 0.05) is 6.54 Å². The van der Waals surface area contributed by atoms with E-state index in [0.29, 0.717) is 34.3 Å². The average molecular weight is 419 g/mol. The predicted molar refractivity (Wildman–Crippen MR) is 108 cm³/mol. The molecule has 0 heterocycles. The SMILES string of the molecule is COC(=O)c1ccc(OCC(=O)NCc2cc(OC)c(OC)c(OC)c2)c(OC)c1. The standard InChI is InChI=1S/C21H25NO8/c1-25-16-10-14(21(24)29-5)6-7-15(16)30-12-19(23)22-11-13-8-17(26-2)20(28-4)18(9-13)27-3/h6-10H,11-12H2,1-5H3,(H,22,23). The van der Waals surface area contributed by atoms with Crippen molar-refractivity contribution in [2.24, 2.45) is 0 Å². The molecule has 0 aliphatic carbocycles. The quantitative estimate of drug-likeness (QED) is 0.585. The maximum Gasteiger partial charge on any atom is 0.337 e. The Labute approximate surface area is 174 Å². The summed E-state index contributed by atoms with van der Waals surface area (Å²) in [4.78, 5) is 23.8. The minimum atomic E-state index is -0.497. The summed E-state index contributed by atoms with van der Waals surface area (Å²) in [5, 5.41) is 2.75. The fraction of sp³-hybridized carbons (Fsp3) is 0.333. The number of ether oxygens (including phenoxy) is 6. The van der Waals surface area contributed by atoms with Crippen LogP contribution < -0.4 is 29.0 Å². The molecule has 0 atom stereocenters. The van der Waals surface area contributed by atoms with Gasteiger partial charge < -0.3 is 33.7 Å². The Balaban J connectivity index is 2.00. The zero-order chi connectivity index (χ0) is 22.1. The third-order valence-corrected chi connectivity index (χ3v) is 4.16. The third-order valence-electron chi connectivity index (χ3n) is 4.16. The Morgan fingerprint density at radius 1 is 0.800 bits per heavy atom. The van der Waals surface area contributed by atoms with E-state index in [-0.39, 0.29) is 19.1 Å². The largest absolute Gasteiger partial charge is 0.493 e. The van der Waals surface area contributed by atoms with Gasteiger partial charge in [0.05, 0.1) is 41.1 Å². The number of rotatable bonds is 10. The molecule has 9 nitrogen and oxygen atoms in total. The van der Waals surface area contributed by atoms with Crippen LogP contribution in [0.25, 0.3) is 0 Å². The van der Waals surface area contributed by atoms with Gasteiger partial charge in [0.25, 0.3) is 5.91 Å². The molecular weight excluding hydrogens is 394 g/mol. The number of nitrogens with one attached hydrogen (secondary N) is 1.